The summed E-state index contributed by atoms with van der Waals surface area (Å²) < 4.78 is 37.6. The molecule has 5 aromatic rings. The van der Waals surface area contributed by atoms with Crippen LogP contribution in [0.15, 0.2) is 73.2 Å². The van der Waals surface area contributed by atoms with Gasteiger partial charge in [-0.05, 0) is 137 Å². The third-order valence-electron chi connectivity index (χ3n) is 12.2. The Balaban J connectivity index is 0.000000171. The van der Waals surface area contributed by atoms with Gasteiger partial charge >= 0.3 is 0 Å². The number of nitrogens with zero attached hydrogens (tertiary/aromatic N) is 8. The van der Waals surface area contributed by atoms with Gasteiger partial charge in [-0.3, -0.25) is 0 Å². The van der Waals surface area contributed by atoms with E-state index in [0.29, 0.717) is 47.8 Å². The van der Waals surface area contributed by atoms with Crippen molar-refractivity contribution in [1.29, 1.82) is 0 Å². The minimum atomic E-state index is 0.178. The molecule has 23 heteroatoms. The van der Waals surface area contributed by atoms with Gasteiger partial charge in [-0.25, -0.2) is 24.9 Å². The van der Waals surface area contributed by atoms with E-state index < -0.39 is 0 Å². The van der Waals surface area contributed by atoms with Gasteiger partial charge < -0.3 is 70.4 Å². The molecule has 410 valence electrons. The number of nitrogen functional groups attached to an aromatic ring is 1. The lowest BCUT2D eigenvalue weighted by atomic mass is 10.1. The average Bonchev–Trinajstić information content (AvgIpc) is 4.10. The van der Waals surface area contributed by atoms with Crippen molar-refractivity contribution < 1.29 is 33.2 Å². The number of ether oxygens (including phenoxy) is 7. The van der Waals surface area contributed by atoms with Crippen LogP contribution in [0.1, 0.15) is 38.5 Å². The third kappa shape index (κ3) is 22.4. The van der Waals surface area contributed by atoms with Gasteiger partial charge in [0.2, 0.25) is 16.5 Å². The number of hydrogen-bond donors (Lipinski definition) is 5. The number of methoxy groups -OCH3 is 2. The number of hydrogen-bond acceptors (Lipinski definition) is 20. The number of aromatic nitrogens is 6. The maximum atomic E-state index is 6.02. The molecule has 75 heavy (non-hydrogen) atoms. The number of benzene rings is 2. The minimum absolute atomic E-state index is 0.178. The van der Waals surface area contributed by atoms with Gasteiger partial charge in [0.05, 0.1) is 67.1 Å². The molecule has 5 aliphatic heterocycles. The van der Waals surface area contributed by atoms with Gasteiger partial charge in [0.15, 0.2) is 23.0 Å². The number of likely N-dealkylation sites (tertiary alicyclic amines) is 2. The fourth-order valence-corrected chi connectivity index (χ4v) is 8.22. The molecule has 2 aromatic carbocycles. The summed E-state index contributed by atoms with van der Waals surface area (Å²) in [6, 6.07) is 16.5. The molecule has 0 aliphatic carbocycles. The molecule has 5 fully saturated rings. The maximum Gasteiger partial charge on any atom is 0.229 e. The van der Waals surface area contributed by atoms with Gasteiger partial charge in [0.25, 0.3) is 0 Å². The number of anilines is 5. The van der Waals surface area contributed by atoms with Crippen LogP contribution in [0.3, 0.4) is 0 Å². The normalized spacial score (nSPS) is 16.3. The minimum Gasteiger partial charge on any atom is -0.493 e. The predicted molar refractivity (Wildman–Crippen MR) is 295 cm³/mol. The topological polar surface area (TPSA) is 237 Å². The van der Waals surface area contributed by atoms with Crippen molar-refractivity contribution in [2.45, 2.75) is 38.5 Å². The molecular weight excluding hydrogens is 1030 g/mol. The molecule has 3 aromatic heterocycles. The summed E-state index contributed by atoms with van der Waals surface area (Å²) in [5.74, 6) is 6.86. The van der Waals surface area contributed by atoms with Crippen molar-refractivity contribution >= 4 is 63.8 Å². The molecule has 0 bridgehead atoms. The smallest absolute Gasteiger partial charge is 0.229 e. The van der Waals surface area contributed by atoms with E-state index in [2.05, 4.69) is 55.7 Å². The highest BCUT2D eigenvalue weighted by atomic mass is 35.5. The lowest BCUT2D eigenvalue weighted by molar-refractivity contribution is -0.0268. The number of halogens is 3. The van der Waals surface area contributed by atoms with E-state index in [9.17, 15) is 0 Å². The summed E-state index contributed by atoms with van der Waals surface area (Å²) in [5.41, 5.74) is 12.6. The van der Waals surface area contributed by atoms with E-state index in [0.717, 1.165) is 126 Å². The summed E-state index contributed by atoms with van der Waals surface area (Å²) in [5, 5.41) is 10.6. The highest BCUT2D eigenvalue weighted by Gasteiger charge is 2.19. The Bertz CT molecular complexity index is 2360. The SMILES string of the molecule is COc1ccc(N)cc1OCCCN1CCCC1.COc1ccc(Nc2nccc(NCC3COC3)n2)cc1OCCCN1CCCC1.Clc1ccnc(Cl)n1.Clc1nccc(NCC2COC2)n1.NCC1COC1. The van der Waals surface area contributed by atoms with Crippen molar-refractivity contribution in [2.75, 3.05) is 148 Å². The van der Waals surface area contributed by atoms with Crippen molar-refractivity contribution in [3.05, 3.63) is 88.9 Å². The zero-order chi connectivity index (χ0) is 52.9. The molecular formula is C52H74Cl3N13O7. The van der Waals surface area contributed by atoms with E-state index >= 15 is 0 Å². The van der Waals surface area contributed by atoms with Crippen LogP contribution in [0.2, 0.25) is 15.7 Å². The van der Waals surface area contributed by atoms with Crippen molar-refractivity contribution in [3.8, 4) is 23.0 Å². The quantitative estimate of drug-likeness (QED) is 0.0203. The van der Waals surface area contributed by atoms with Crippen LogP contribution in [0, 0.1) is 17.8 Å². The van der Waals surface area contributed by atoms with Crippen LogP contribution in [0.5, 0.6) is 23.0 Å². The first kappa shape index (κ1) is 59.0. The number of nitrogens with one attached hydrogen (secondary N) is 3. The largest absolute Gasteiger partial charge is 0.493 e. The van der Waals surface area contributed by atoms with Crippen LogP contribution in [-0.2, 0) is 14.2 Å². The second-order valence-corrected chi connectivity index (χ2v) is 19.3. The maximum absolute atomic E-state index is 6.02. The molecule has 0 amide bonds. The summed E-state index contributed by atoms with van der Waals surface area (Å²) >= 11 is 16.4. The van der Waals surface area contributed by atoms with Gasteiger partial charge in [0.1, 0.15) is 16.8 Å². The fourth-order valence-electron chi connectivity index (χ4n) is 7.74. The van der Waals surface area contributed by atoms with Crippen LogP contribution < -0.4 is 46.4 Å². The first-order chi connectivity index (χ1) is 36.7. The van der Waals surface area contributed by atoms with E-state index in [1.807, 2.05) is 42.5 Å². The van der Waals surface area contributed by atoms with Gasteiger partial charge in [0, 0.05) is 86.0 Å². The van der Waals surface area contributed by atoms with Crippen molar-refractivity contribution in [1.82, 2.24) is 39.7 Å². The van der Waals surface area contributed by atoms with Crippen molar-refractivity contribution in [3.63, 3.8) is 0 Å². The molecule has 0 saturated carbocycles. The van der Waals surface area contributed by atoms with Gasteiger partial charge in [-0.15, -0.1) is 0 Å². The van der Waals surface area contributed by atoms with E-state index in [4.69, 9.17) is 79.4 Å². The molecule has 20 nitrogen and oxygen atoms in total. The van der Waals surface area contributed by atoms with Gasteiger partial charge in [-0.1, -0.05) is 11.6 Å². The highest BCUT2D eigenvalue weighted by molar-refractivity contribution is 6.31. The fraction of sp³-hybridized carbons (Fsp3) is 0.538. The lowest BCUT2D eigenvalue weighted by Gasteiger charge is -2.26. The molecule has 10 rings (SSSR count). The Hall–Kier alpha value is -5.29. The standard InChI is InChI=1S/C22H31N5O3.C14H22N2O2.C8H10ClN3O.C4H2Cl2N2.C4H9NO/c1-28-19-6-5-18(13-20(19)30-12-4-11-27-9-2-3-10-27)25-22-23-8-7-21(26-22)24-14-17-15-29-16-17;1-17-13-6-5-12(15)11-14(13)18-10-4-9-16-7-2-3-8-16;9-8-10-2-1-7(12-8)11-3-6-4-13-5-6;5-3-1-2-7-4(6)8-3;5-1-4-2-6-3-4/h5-8,13,17H,2-4,9-12,14-16H2,1H3,(H2,23,24,25,26);5-6,11H,2-4,7-10,15H2,1H3;1-2,6H,3-5H2,(H,10,11,12);1-2H;4H,1-3,5H2. The Labute approximate surface area is 456 Å². The van der Waals surface area contributed by atoms with Crippen LogP contribution >= 0.6 is 34.8 Å². The molecule has 5 aliphatic rings. The summed E-state index contributed by atoms with van der Waals surface area (Å²) in [6.07, 6.45) is 12.2. The second kappa shape index (κ2) is 33.7. The van der Waals surface area contributed by atoms with E-state index in [1.165, 1.54) is 58.1 Å². The second-order valence-electron chi connectivity index (χ2n) is 18.2. The summed E-state index contributed by atoms with van der Waals surface area (Å²) in [6.45, 7) is 16.1. The van der Waals surface area contributed by atoms with Crippen LogP contribution in [-0.4, -0.2) is 166 Å². The average molecular weight is 1100 g/mol. The van der Waals surface area contributed by atoms with E-state index in [1.54, 1.807) is 38.7 Å². The molecule has 7 N–H and O–H groups in total. The monoisotopic (exact) mass is 1100 g/mol. The third-order valence-corrected chi connectivity index (χ3v) is 12.8. The van der Waals surface area contributed by atoms with Crippen molar-refractivity contribution in [2.24, 2.45) is 23.5 Å². The Morgan fingerprint density at radius 3 is 1.53 bits per heavy atom. The van der Waals surface area contributed by atoms with Gasteiger partial charge in [-0.2, -0.15) is 4.98 Å². The molecule has 0 unspecified atom stereocenters. The first-order valence-corrected chi connectivity index (χ1v) is 26.7. The predicted octanol–water partition coefficient (Wildman–Crippen LogP) is 7.86. The Kier molecular flexibility index (Phi) is 26.5. The lowest BCUT2D eigenvalue weighted by Crippen LogP contribution is -2.33. The molecule has 5 saturated heterocycles. The first-order valence-electron chi connectivity index (χ1n) is 25.6. The zero-order valence-corrected chi connectivity index (χ0v) is 45.4. The molecule has 8 heterocycles. The number of rotatable bonds is 21. The van der Waals surface area contributed by atoms with E-state index in [-0.39, 0.29) is 10.6 Å². The molecule has 0 spiro atoms. The van der Waals surface area contributed by atoms with Crippen LogP contribution in [0.25, 0.3) is 0 Å². The highest BCUT2D eigenvalue weighted by Crippen LogP contribution is 2.32. The van der Waals surface area contributed by atoms with Crippen LogP contribution in [0.4, 0.5) is 29.0 Å². The molecule has 0 radical (unpaired) electrons. The Morgan fingerprint density at radius 1 is 0.587 bits per heavy atom. The zero-order valence-electron chi connectivity index (χ0n) is 43.1. The Morgan fingerprint density at radius 2 is 1.08 bits per heavy atom. The molecule has 0 atom stereocenters. The number of nitrogens with two attached hydrogens (primary N) is 2. The summed E-state index contributed by atoms with van der Waals surface area (Å²) in [4.78, 5) is 28.8. The summed E-state index contributed by atoms with van der Waals surface area (Å²) in [7, 11) is 3.30.